The van der Waals surface area contributed by atoms with Crippen LogP contribution in [0.5, 0.6) is 0 Å². The van der Waals surface area contributed by atoms with E-state index in [2.05, 4.69) is 20.2 Å². The fourth-order valence-electron chi connectivity index (χ4n) is 2.90. The van der Waals surface area contributed by atoms with Crippen molar-refractivity contribution in [2.24, 2.45) is 0 Å². The molecule has 3 heterocycles. The van der Waals surface area contributed by atoms with Crippen LogP contribution >= 0.6 is 0 Å². The molecule has 0 bridgehead atoms. The first-order valence-corrected chi connectivity index (χ1v) is 7.15. The molecular formula is C17H14N4. The van der Waals surface area contributed by atoms with Crippen LogP contribution in [0.4, 0.5) is 0 Å². The molecule has 4 rings (SSSR count). The summed E-state index contributed by atoms with van der Waals surface area (Å²) < 4.78 is 0. The van der Waals surface area contributed by atoms with E-state index in [1.165, 1.54) is 11.1 Å². The predicted molar refractivity (Wildman–Crippen MR) is 80.5 cm³/mol. The number of rotatable bonds is 2. The Kier molecular flexibility index (Phi) is 2.92. The summed E-state index contributed by atoms with van der Waals surface area (Å²) in [6, 6.07) is 11.8. The summed E-state index contributed by atoms with van der Waals surface area (Å²) in [7, 11) is 0. The zero-order valence-electron chi connectivity index (χ0n) is 11.5. The lowest BCUT2D eigenvalue weighted by molar-refractivity contribution is 0.911. The van der Waals surface area contributed by atoms with Crippen LogP contribution in [0.25, 0.3) is 22.8 Å². The van der Waals surface area contributed by atoms with Gasteiger partial charge in [0.2, 0.25) is 0 Å². The minimum absolute atomic E-state index is 0.899. The van der Waals surface area contributed by atoms with Crippen molar-refractivity contribution >= 4 is 0 Å². The van der Waals surface area contributed by atoms with Crippen LogP contribution in [-0.4, -0.2) is 20.2 Å². The quantitative estimate of drug-likeness (QED) is 0.720. The fraction of sp³-hybridized carbons (Fsp3) is 0.176. The first-order chi connectivity index (χ1) is 10.4. The molecule has 0 amide bonds. The molecule has 0 saturated carbocycles. The van der Waals surface area contributed by atoms with Gasteiger partial charge in [-0.15, -0.1) is 10.2 Å². The maximum Gasteiger partial charge on any atom is 0.115 e. The lowest BCUT2D eigenvalue weighted by Gasteiger charge is -2.10. The molecule has 0 atom stereocenters. The monoisotopic (exact) mass is 274 g/mol. The van der Waals surface area contributed by atoms with Crippen molar-refractivity contribution in [1.29, 1.82) is 0 Å². The Morgan fingerprint density at radius 3 is 1.62 bits per heavy atom. The van der Waals surface area contributed by atoms with Crippen LogP contribution in [-0.2, 0) is 12.8 Å². The van der Waals surface area contributed by atoms with E-state index in [4.69, 9.17) is 0 Å². The van der Waals surface area contributed by atoms with Crippen LogP contribution in [0, 0.1) is 0 Å². The van der Waals surface area contributed by atoms with Gasteiger partial charge in [0.05, 0.1) is 11.4 Å². The summed E-state index contributed by atoms with van der Waals surface area (Å²) >= 11 is 0. The molecule has 102 valence electrons. The number of aromatic nitrogens is 4. The normalized spacial score (nSPS) is 13.1. The Morgan fingerprint density at radius 1 is 0.667 bits per heavy atom. The third kappa shape index (κ3) is 2.09. The minimum atomic E-state index is 0.899. The van der Waals surface area contributed by atoms with Crippen LogP contribution in [0.1, 0.15) is 17.5 Å². The number of nitrogens with zero attached hydrogens (tertiary/aromatic N) is 4. The highest BCUT2D eigenvalue weighted by Gasteiger charge is 2.23. The molecule has 3 aromatic rings. The van der Waals surface area contributed by atoms with Gasteiger partial charge in [0.25, 0.3) is 0 Å². The Hall–Kier alpha value is -2.62. The van der Waals surface area contributed by atoms with Gasteiger partial charge < -0.3 is 0 Å². The maximum absolute atomic E-state index is 4.44. The molecular weight excluding hydrogens is 260 g/mol. The van der Waals surface area contributed by atoms with Gasteiger partial charge in [0.15, 0.2) is 0 Å². The second-order valence-corrected chi connectivity index (χ2v) is 5.14. The Bertz CT molecular complexity index is 703. The molecule has 21 heavy (non-hydrogen) atoms. The van der Waals surface area contributed by atoms with Crippen molar-refractivity contribution < 1.29 is 0 Å². The van der Waals surface area contributed by atoms with Crippen molar-refractivity contribution in [2.45, 2.75) is 19.3 Å². The Morgan fingerprint density at radius 2 is 1.19 bits per heavy atom. The molecule has 0 unspecified atom stereocenters. The maximum atomic E-state index is 4.44. The summed E-state index contributed by atoms with van der Waals surface area (Å²) in [4.78, 5) is 8.82. The van der Waals surface area contributed by atoms with Gasteiger partial charge in [0, 0.05) is 12.4 Å². The molecule has 0 N–H and O–H groups in total. The van der Waals surface area contributed by atoms with E-state index in [1.807, 2.05) is 36.4 Å². The van der Waals surface area contributed by atoms with Gasteiger partial charge in [-0.3, -0.25) is 9.97 Å². The average molecular weight is 274 g/mol. The fourth-order valence-corrected chi connectivity index (χ4v) is 2.90. The van der Waals surface area contributed by atoms with E-state index < -0.39 is 0 Å². The van der Waals surface area contributed by atoms with Gasteiger partial charge >= 0.3 is 0 Å². The van der Waals surface area contributed by atoms with Crippen molar-refractivity contribution in [3.05, 3.63) is 59.9 Å². The standard InChI is InChI=1S/C17H14N4/c1-3-10-18-14(8-1)16-12-6-5-7-13(12)17(21-20-16)15-9-2-4-11-19-15/h1-4,8-11H,5-7H2. The van der Waals surface area contributed by atoms with Crippen LogP contribution in [0.3, 0.4) is 0 Å². The SMILES string of the molecule is c1ccc(-c2nnc(-c3ccccn3)c3c2CCC3)nc1. The van der Waals surface area contributed by atoms with Gasteiger partial charge in [-0.1, -0.05) is 12.1 Å². The van der Waals surface area contributed by atoms with E-state index in [1.54, 1.807) is 12.4 Å². The molecule has 0 aliphatic heterocycles. The van der Waals surface area contributed by atoms with E-state index in [0.717, 1.165) is 42.0 Å². The molecule has 0 fully saturated rings. The minimum Gasteiger partial charge on any atom is -0.255 e. The number of hydrogen-bond donors (Lipinski definition) is 0. The van der Waals surface area contributed by atoms with Gasteiger partial charge in [-0.2, -0.15) is 0 Å². The van der Waals surface area contributed by atoms with Gasteiger partial charge in [-0.25, -0.2) is 0 Å². The largest absolute Gasteiger partial charge is 0.255 e. The summed E-state index contributed by atoms with van der Waals surface area (Å²) in [6.45, 7) is 0. The molecule has 1 aliphatic carbocycles. The molecule has 0 aromatic carbocycles. The summed E-state index contributed by atoms with van der Waals surface area (Å²) in [5, 5.41) is 8.89. The molecule has 3 aromatic heterocycles. The first kappa shape index (κ1) is 12.1. The topological polar surface area (TPSA) is 51.6 Å². The van der Waals surface area contributed by atoms with Crippen LogP contribution in [0.15, 0.2) is 48.8 Å². The summed E-state index contributed by atoms with van der Waals surface area (Å²) in [5.74, 6) is 0. The van der Waals surface area contributed by atoms with Gasteiger partial charge in [0.1, 0.15) is 11.4 Å². The molecule has 0 saturated heterocycles. The predicted octanol–water partition coefficient (Wildman–Crippen LogP) is 3.09. The molecule has 4 nitrogen and oxygen atoms in total. The number of hydrogen-bond acceptors (Lipinski definition) is 4. The first-order valence-electron chi connectivity index (χ1n) is 7.15. The van der Waals surface area contributed by atoms with E-state index in [9.17, 15) is 0 Å². The van der Waals surface area contributed by atoms with Crippen molar-refractivity contribution in [3.63, 3.8) is 0 Å². The van der Waals surface area contributed by atoms with Crippen LogP contribution < -0.4 is 0 Å². The zero-order valence-corrected chi connectivity index (χ0v) is 11.5. The Labute approximate surface area is 122 Å². The average Bonchev–Trinajstić information content (AvgIpc) is 3.05. The Balaban J connectivity index is 1.90. The lowest BCUT2D eigenvalue weighted by Crippen LogP contribution is -2.02. The molecule has 1 aliphatic rings. The summed E-state index contributed by atoms with van der Waals surface area (Å²) in [5.41, 5.74) is 6.20. The van der Waals surface area contributed by atoms with Gasteiger partial charge in [-0.05, 0) is 54.7 Å². The second-order valence-electron chi connectivity index (χ2n) is 5.14. The molecule has 0 spiro atoms. The third-order valence-electron chi connectivity index (χ3n) is 3.85. The van der Waals surface area contributed by atoms with E-state index in [0.29, 0.717) is 0 Å². The zero-order chi connectivity index (χ0) is 14.1. The molecule has 0 radical (unpaired) electrons. The van der Waals surface area contributed by atoms with Crippen molar-refractivity contribution in [1.82, 2.24) is 20.2 Å². The highest BCUT2D eigenvalue weighted by molar-refractivity contribution is 5.68. The summed E-state index contributed by atoms with van der Waals surface area (Å²) in [6.07, 6.45) is 6.81. The highest BCUT2D eigenvalue weighted by atomic mass is 15.1. The lowest BCUT2D eigenvalue weighted by atomic mass is 10.0. The number of pyridine rings is 2. The molecule has 4 heteroatoms. The van der Waals surface area contributed by atoms with Crippen LogP contribution in [0.2, 0.25) is 0 Å². The number of fused-ring (bicyclic) bond motifs is 1. The van der Waals surface area contributed by atoms with Crippen molar-refractivity contribution in [3.8, 4) is 22.8 Å². The second kappa shape index (κ2) is 5.05. The smallest absolute Gasteiger partial charge is 0.115 e. The highest BCUT2D eigenvalue weighted by Crippen LogP contribution is 2.34. The third-order valence-corrected chi connectivity index (χ3v) is 3.85. The van der Waals surface area contributed by atoms with E-state index >= 15 is 0 Å². The van der Waals surface area contributed by atoms with Crippen molar-refractivity contribution in [2.75, 3.05) is 0 Å². The van der Waals surface area contributed by atoms with E-state index in [-0.39, 0.29) is 0 Å².